The summed E-state index contributed by atoms with van der Waals surface area (Å²) in [6, 6.07) is 2.51. The van der Waals surface area contributed by atoms with Crippen LogP contribution in [0.15, 0.2) is 16.7 Å². The summed E-state index contributed by atoms with van der Waals surface area (Å²) in [5.74, 6) is 0.326. The van der Waals surface area contributed by atoms with Crippen LogP contribution in [0.3, 0.4) is 0 Å². The lowest BCUT2D eigenvalue weighted by atomic mass is 9.91. The molecule has 1 aromatic heterocycles. The minimum absolute atomic E-state index is 0.345. The van der Waals surface area contributed by atoms with E-state index in [1.807, 2.05) is 0 Å². The smallest absolute Gasteiger partial charge is 0.341 e. The van der Waals surface area contributed by atoms with Crippen LogP contribution in [0.1, 0.15) is 41.8 Å². The van der Waals surface area contributed by atoms with Crippen molar-refractivity contribution in [3.63, 3.8) is 0 Å². The highest BCUT2D eigenvalue weighted by atomic mass is 16.5. The summed E-state index contributed by atoms with van der Waals surface area (Å²) >= 11 is 0. The van der Waals surface area contributed by atoms with E-state index in [-0.39, 0.29) is 5.97 Å². The van der Waals surface area contributed by atoms with Gasteiger partial charge in [0.1, 0.15) is 11.3 Å². The van der Waals surface area contributed by atoms with Gasteiger partial charge in [-0.25, -0.2) is 4.79 Å². The number of nitrogens with two attached hydrogens (primary N) is 1. The minimum Gasteiger partial charge on any atom is -0.467 e. The molecule has 0 amide bonds. The van der Waals surface area contributed by atoms with E-state index in [4.69, 9.17) is 14.9 Å². The Balaban J connectivity index is 1.97. The van der Waals surface area contributed by atoms with Crippen molar-refractivity contribution in [1.29, 1.82) is 0 Å². The molecule has 0 aromatic carbocycles. The first-order valence-electron chi connectivity index (χ1n) is 6.72. The van der Waals surface area contributed by atoms with E-state index < -0.39 is 0 Å². The normalized spacial score (nSPS) is 23.6. The van der Waals surface area contributed by atoms with Gasteiger partial charge < -0.3 is 14.9 Å². The Morgan fingerprint density at radius 3 is 2.79 bits per heavy atom. The van der Waals surface area contributed by atoms with Crippen molar-refractivity contribution >= 4 is 5.97 Å². The van der Waals surface area contributed by atoms with Crippen molar-refractivity contribution in [3.8, 4) is 0 Å². The van der Waals surface area contributed by atoms with Crippen LogP contribution in [-0.2, 0) is 11.3 Å². The standard InChI is InChI=1S/C14H22N2O3/c1-16(11-5-3-10(15)4-6-11)9-13-12(7-8-19-13)14(17)18-2/h7-8,10-11H,3-6,9,15H2,1-2H3. The van der Waals surface area contributed by atoms with E-state index in [1.54, 1.807) is 6.07 Å². The molecule has 0 aliphatic heterocycles. The van der Waals surface area contributed by atoms with Gasteiger partial charge in [-0.15, -0.1) is 0 Å². The summed E-state index contributed by atoms with van der Waals surface area (Å²) in [6.07, 6.45) is 5.87. The van der Waals surface area contributed by atoms with Crippen LogP contribution in [0, 0.1) is 0 Å². The Morgan fingerprint density at radius 2 is 2.16 bits per heavy atom. The van der Waals surface area contributed by atoms with Crippen molar-refractivity contribution in [3.05, 3.63) is 23.7 Å². The topological polar surface area (TPSA) is 68.7 Å². The summed E-state index contributed by atoms with van der Waals surface area (Å²) in [5.41, 5.74) is 6.43. The van der Waals surface area contributed by atoms with Gasteiger partial charge in [-0.05, 0) is 38.8 Å². The van der Waals surface area contributed by atoms with Gasteiger partial charge in [-0.1, -0.05) is 0 Å². The number of furan rings is 1. The summed E-state index contributed by atoms with van der Waals surface area (Å²) in [6.45, 7) is 0.622. The maximum Gasteiger partial charge on any atom is 0.341 e. The van der Waals surface area contributed by atoms with Crippen LogP contribution in [0.5, 0.6) is 0 Å². The zero-order chi connectivity index (χ0) is 13.8. The monoisotopic (exact) mass is 266 g/mol. The molecule has 1 aliphatic carbocycles. The number of ether oxygens (including phenoxy) is 1. The van der Waals surface area contributed by atoms with E-state index in [1.165, 1.54) is 13.4 Å². The third-order valence-electron chi connectivity index (χ3n) is 3.91. The van der Waals surface area contributed by atoms with Crippen LogP contribution in [-0.4, -0.2) is 37.1 Å². The molecule has 1 fully saturated rings. The molecule has 0 radical (unpaired) electrons. The molecule has 5 heteroatoms. The molecule has 0 unspecified atom stereocenters. The lowest BCUT2D eigenvalue weighted by Crippen LogP contribution is -2.38. The van der Waals surface area contributed by atoms with Gasteiger partial charge in [0, 0.05) is 12.1 Å². The van der Waals surface area contributed by atoms with Crippen LogP contribution in [0.4, 0.5) is 0 Å². The first-order chi connectivity index (χ1) is 9.11. The third-order valence-corrected chi connectivity index (χ3v) is 3.91. The first-order valence-corrected chi connectivity index (χ1v) is 6.72. The summed E-state index contributed by atoms with van der Waals surface area (Å²) in [5, 5.41) is 0. The molecule has 1 aromatic rings. The molecule has 0 saturated heterocycles. The summed E-state index contributed by atoms with van der Waals surface area (Å²) < 4.78 is 10.1. The van der Waals surface area contributed by atoms with Crippen LogP contribution in [0.25, 0.3) is 0 Å². The maximum absolute atomic E-state index is 11.6. The number of carbonyl (C=O) groups excluding carboxylic acids is 1. The predicted molar refractivity (Wildman–Crippen MR) is 71.7 cm³/mol. The Bertz CT molecular complexity index is 422. The zero-order valence-corrected chi connectivity index (χ0v) is 11.6. The molecular weight excluding hydrogens is 244 g/mol. The predicted octanol–water partition coefficient (Wildman–Crippen LogP) is 1.77. The largest absolute Gasteiger partial charge is 0.467 e. The molecule has 0 bridgehead atoms. The number of nitrogens with zero attached hydrogens (tertiary/aromatic N) is 1. The second-order valence-corrected chi connectivity index (χ2v) is 5.23. The van der Waals surface area contributed by atoms with Crippen LogP contribution in [0.2, 0.25) is 0 Å². The van der Waals surface area contributed by atoms with E-state index in [9.17, 15) is 4.79 Å². The van der Waals surface area contributed by atoms with Gasteiger partial charge in [-0.3, -0.25) is 4.90 Å². The van der Waals surface area contributed by atoms with E-state index in [2.05, 4.69) is 11.9 Å². The van der Waals surface area contributed by atoms with Gasteiger partial charge in [-0.2, -0.15) is 0 Å². The molecular formula is C14H22N2O3. The number of rotatable bonds is 4. The SMILES string of the molecule is COC(=O)c1ccoc1CN(C)C1CCC(N)CC1. The average Bonchev–Trinajstić information content (AvgIpc) is 2.86. The molecule has 2 N–H and O–H groups in total. The second kappa shape index (κ2) is 6.21. The summed E-state index contributed by atoms with van der Waals surface area (Å²) in [7, 11) is 3.44. The van der Waals surface area contributed by atoms with Crippen LogP contribution >= 0.6 is 0 Å². The second-order valence-electron chi connectivity index (χ2n) is 5.23. The first kappa shape index (κ1) is 14.1. The average molecular weight is 266 g/mol. The number of hydrogen-bond acceptors (Lipinski definition) is 5. The highest BCUT2D eigenvalue weighted by molar-refractivity contribution is 5.90. The van der Waals surface area contributed by atoms with Crippen molar-refractivity contribution in [1.82, 2.24) is 4.90 Å². The van der Waals surface area contributed by atoms with E-state index in [0.717, 1.165) is 25.7 Å². The number of hydrogen-bond donors (Lipinski definition) is 1. The Kier molecular flexibility index (Phi) is 4.61. The van der Waals surface area contributed by atoms with Crippen LogP contribution < -0.4 is 5.73 Å². The fraction of sp³-hybridized carbons (Fsp3) is 0.643. The molecule has 19 heavy (non-hydrogen) atoms. The van der Waals surface area contributed by atoms with Crippen molar-refractivity contribution in [2.24, 2.45) is 5.73 Å². The van der Waals surface area contributed by atoms with Gasteiger partial charge in [0.25, 0.3) is 0 Å². The lowest BCUT2D eigenvalue weighted by Gasteiger charge is -2.33. The quantitative estimate of drug-likeness (QED) is 0.841. The number of methoxy groups -OCH3 is 1. The lowest BCUT2D eigenvalue weighted by molar-refractivity contribution is 0.0595. The van der Waals surface area contributed by atoms with Gasteiger partial charge in [0.05, 0.1) is 19.9 Å². The molecule has 1 saturated carbocycles. The van der Waals surface area contributed by atoms with E-state index in [0.29, 0.717) is 30.0 Å². The molecule has 1 aliphatic rings. The Morgan fingerprint density at radius 1 is 1.47 bits per heavy atom. The van der Waals surface area contributed by atoms with Crippen molar-refractivity contribution in [2.45, 2.75) is 44.3 Å². The molecule has 106 valence electrons. The molecule has 0 atom stereocenters. The van der Waals surface area contributed by atoms with Crippen molar-refractivity contribution in [2.75, 3.05) is 14.2 Å². The Hall–Kier alpha value is -1.33. The highest BCUT2D eigenvalue weighted by Gasteiger charge is 2.24. The molecule has 2 rings (SSSR count). The highest BCUT2D eigenvalue weighted by Crippen LogP contribution is 2.23. The summed E-state index contributed by atoms with van der Waals surface area (Å²) in [4.78, 5) is 13.8. The van der Waals surface area contributed by atoms with E-state index >= 15 is 0 Å². The van der Waals surface area contributed by atoms with Gasteiger partial charge >= 0.3 is 5.97 Å². The minimum atomic E-state index is -0.345. The third kappa shape index (κ3) is 3.36. The number of esters is 1. The zero-order valence-electron chi connectivity index (χ0n) is 11.6. The van der Waals surface area contributed by atoms with Crippen molar-refractivity contribution < 1.29 is 13.9 Å². The maximum atomic E-state index is 11.6. The fourth-order valence-corrected chi connectivity index (χ4v) is 2.65. The molecule has 1 heterocycles. The Labute approximate surface area is 113 Å². The number of carbonyl (C=O) groups is 1. The van der Waals surface area contributed by atoms with Gasteiger partial charge in [0.15, 0.2) is 0 Å². The van der Waals surface area contributed by atoms with Gasteiger partial charge in [0.2, 0.25) is 0 Å². The molecule has 0 spiro atoms. The molecule has 5 nitrogen and oxygen atoms in total. The fourth-order valence-electron chi connectivity index (χ4n) is 2.65.